The number of amidine groups is 1. The van der Waals surface area contributed by atoms with Crippen LogP contribution >= 0.6 is 0 Å². The zero-order chi connectivity index (χ0) is 13.8. The summed E-state index contributed by atoms with van der Waals surface area (Å²) in [5.41, 5.74) is 3.82. The Morgan fingerprint density at radius 2 is 1.85 bits per heavy atom. The van der Waals surface area contributed by atoms with Gasteiger partial charge in [0.25, 0.3) is 0 Å². The summed E-state index contributed by atoms with van der Waals surface area (Å²) in [6, 6.07) is 18.5. The second-order valence-corrected chi connectivity index (χ2v) is 5.11. The summed E-state index contributed by atoms with van der Waals surface area (Å²) in [4.78, 5) is 0. The average Bonchev–Trinajstić information content (AvgIpc) is 2.93. The molecule has 3 rings (SSSR count). The minimum absolute atomic E-state index is 0.180. The first-order valence-electron chi connectivity index (χ1n) is 6.96. The molecule has 0 amide bonds. The van der Waals surface area contributed by atoms with Gasteiger partial charge in [-0.2, -0.15) is 0 Å². The predicted octanol–water partition coefficient (Wildman–Crippen LogP) is 3.29. The van der Waals surface area contributed by atoms with Crippen LogP contribution in [0.3, 0.4) is 0 Å². The molecule has 0 bridgehead atoms. The Morgan fingerprint density at radius 3 is 2.65 bits per heavy atom. The van der Waals surface area contributed by atoms with E-state index in [0.717, 1.165) is 12.8 Å². The van der Waals surface area contributed by atoms with Gasteiger partial charge in [-0.15, -0.1) is 0 Å². The van der Waals surface area contributed by atoms with Crippen molar-refractivity contribution in [1.29, 1.82) is 0 Å². The lowest BCUT2D eigenvalue weighted by molar-refractivity contribution is 0.313. The first-order chi connectivity index (χ1) is 9.88. The van der Waals surface area contributed by atoms with Crippen molar-refractivity contribution in [2.24, 2.45) is 5.16 Å². The van der Waals surface area contributed by atoms with Gasteiger partial charge in [0.15, 0.2) is 0 Å². The molecule has 0 heterocycles. The van der Waals surface area contributed by atoms with Gasteiger partial charge in [-0.05, 0) is 29.5 Å². The van der Waals surface area contributed by atoms with E-state index in [1.165, 1.54) is 16.7 Å². The van der Waals surface area contributed by atoms with Crippen LogP contribution in [-0.2, 0) is 13.0 Å². The fourth-order valence-corrected chi connectivity index (χ4v) is 2.86. The van der Waals surface area contributed by atoms with E-state index in [9.17, 15) is 5.21 Å². The fourth-order valence-electron chi connectivity index (χ4n) is 2.86. The van der Waals surface area contributed by atoms with Crippen LogP contribution in [0.15, 0.2) is 59.8 Å². The number of fused-ring (bicyclic) bond motifs is 1. The highest BCUT2D eigenvalue weighted by Crippen LogP contribution is 2.33. The van der Waals surface area contributed by atoms with Gasteiger partial charge in [0.2, 0.25) is 0 Å². The lowest BCUT2D eigenvalue weighted by Crippen LogP contribution is -2.28. The van der Waals surface area contributed by atoms with Gasteiger partial charge >= 0.3 is 0 Å². The lowest BCUT2D eigenvalue weighted by Gasteiger charge is -2.15. The number of oxime groups is 1. The van der Waals surface area contributed by atoms with E-state index in [4.69, 9.17) is 0 Å². The maximum atomic E-state index is 9.32. The first-order valence-corrected chi connectivity index (χ1v) is 6.96. The van der Waals surface area contributed by atoms with Crippen LogP contribution < -0.4 is 5.32 Å². The van der Waals surface area contributed by atoms with Crippen molar-refractivity contribution in [2.45, 2.75) is 25.3 Å². The SMILES string of the molecule is ON=C(NCc1ccccc1)C1CCc2ccccc21. The van der Waals surface area contributed by atoms with Gasteiger partial charge in [0.05, 0.1) is 0 Å². The van der Waals surface area contributed by atoms with Crippen molar-refractivity contribution in [1.82, 2.24) is 5.32 Å². The normalized spacial score (nSPS) is 17.8. The molecule has 0 spiro atoms. The van der Waals surface area contributed by atoms with E-state index in [-0.39, 0.29) is 5.92 Å². The Kier molecular flexibility index (Phi) is 3.68. The van der Waals surface area contributed by atoms with Crippen LogP contribution in [0.1, 0.15) is 29.0 Å². The first kappa shape index (κ1) is 12.7. The topological polar surface area (TPSA) is 44.6 Å². The second kappa shape index (κ2) is 5.78. The highest BCUT2D eigenvalue weighted by atomic mass is 16.4. The van der Waals surface area contributed by atoms with Crippen LogP contribution in [-0.4, -0.2) is 11.0 Å². The van der Waals surface area contributed by atoms with Crippen LogP contribution in [0, 0.1) is 0 Å². The molecule has 2 aromatic rings. The molecule has 20 heavy (non-hydrogen) atoms. The molecule has 1 aliphatic carbocycles. The van der Waals surface area contributed by atoms with E-state index < -0.39 is 0 Å². The molecule has 2 aromatic carbocycles. The van der Waals surface area contributed by atoms with Gasteiger partial charge in [0.1, 0.15) is 5.84 Å². The summed E-state index contributed by atoms with van der Waals surface area (Å²) < 4.78 is 0. The van der Waals surface area contributed by atoms with E-state index in [2.05, 4.69) is 40.8 Å². The van der Waals surface area contributed by atoms with Crippen molar-refractivity contribution in [3.8, 4) is 0 Å². The van der Waals surface area contributed by atoms with Gasteiger partial charge in [-0.1, -0.05) is 59.8 Å². The van der Waals surface area contributed by atoms with Crippen LogP contribution in [0.2, 0.25) is 0 Å². The molecule has 0 radical (unpaired) electrons. The average molecular weight is 266 g/mol. The van der Waals surface area contributed by atoms with E-state index in [0.29, 0.717) is 12.4 Å². The summed E-state index contributed by atoms with van der Waals surface area (Å²) in [5, 5.41) is 16.1. The monoisotopic (exact) mass is 266 g/mol. The molecule has 1 atom stereocenters. The molecular weight excluding hydrogens is 248 g/mol. The third kappa shape index (κ3) is 2.52. The van der Waals surface area contributed by atoms with Crippen molar-refractivity contribution in [3.63, 3.8) is 0 Å². The molecule has 3 nitrogen and oxygen atoms in total. The van der Waals surface area contributed by atoms with Crippen LogP contribution in [0.5, 0.6) is 0 Å². The number of rotatable bonds is 3. The zero-order valence-corrected chi connectivity index (χ0v) is 11.3. The summed E-state index contributed by atoms with van der Waals surface area (Å²) in [6.07, 6.45) is 2.05. The Bertz CT molecular complexity index is 607. The van der Waals surface area contributed by atoms with Crippen molar-refractivity contribution in [3.05, 3.63) is 71.3 Å². The molecule has 0 saturated heterocycles. The molecule has 102 valence electrons. The van der Waals surface area contributed by atoms with E-state index in [1.807, 2.05) is 24.3 Å². The minimum Gasteiger partial charge on any atom is -0.409 e. The van der Waals surface area contributed by atoms with Crippen molar-refractivity contribution in [2.75, 3.05) is 0 Å². The van der Waals surface area contributed by atoms with Gasteiger partial charge < -0.3 is 10.5 Å². The molecule has 1 unspecified atom stereocenters. The largest absolute Gasteiger partial charge is 0.409 e. The molecule has 0 aromatic heterocycles. The Balaban J connectivity index is 1.73. The van der Waals surface area contributed by atoms with E-state index in [1.54, 1.807) is 0 Å². The minimum atomic E-state index is 0.180. The van der Waals surface area contributed by atoms with Crippen molar-refractivity contribution < 1.29 is 5.21 Å². The van der Waals surface area contributed by atoms with Gasteiger partial charge in [-0.3, -0.25) is 0 Å². The predicted molar refractivity (Wildman–Crippen MR) is 80.0 cm³/mol. The number of benzene rings is 2. The molecule has 2 N–H and O–H groups in total. The smallest absolute Gasteiger partial charge is 0.149 e. The third-order valence-electron chi connectivity index (χ3n) is 3.89. The lowest BCUT2D eigenvalue weighted by atomic mass is 10.00. The maximum Gasteiger partial charge on any atom is 0.149 e. The van der Waals surface area contributed by atoms with Crippen LogP contribution in [0.25, 0.3) is 0 Å². The molecule has 0 fully saturated rings. The van der Waals surface area contributed by atoms with Gasteiger partial charge in [0, 0.05) is 12.5 Å². The van der Waals surface area contributed by atoms with Crippen molar-refractivity contribution >= 4 is 5.84 Å². The van der Waals surface area contributed by atoms with E-state index >= 15 is 0 Å². The van der Waals surface area contributed by atoms with Gasteiger partial charge in [-0.25, -0.2) is 0 Å². The highest BCUT2D eigenvalue weighted by Gasteiger charge is 2.26. The Labute approximate surface area is 119 Å². The maximum absolute atomic E-state index is 9.32. The number of aryl methyl sites for hydroxylation is 1. The second-order valence-electron chi connectivity index (χ2n) is 5.11. The summed E-state index contributed by atoms with van der Waals surface area (Å²) in [5.74, 6) is 0.846. The summed E-state index contributed by atoms with van der Waals surface area (Å²) in [6.45, 7) is 0.679. The fraction of sp³-hybridized carbons (Fsp3) is 0.235. The number of hydrogen-bond acceptors (Lipinski definition) is 2. The Hall–Kier alpha value is -2.29. The Morgan fingerprint density at radius 1 is 1.10 bits per heavy atom. The van der Waals surface area contributed by atoms with Crippen LogP contribution in [0.4, 0.5) is 0 Å². The molecule has 0 aliphatic heterocycles. The zero-order valence-electron chi connectivity index (χ0n) is 11.3. The number of nitrogens with one attached hydrogen (secondary N) is 1. The quantitative estimate of drug-likeness (QED) is 0.387. The molecule has 3 heteroatoms. The molecule has 1 aliphatic rings. The molecule has 0 saturated carbocycles. The number of nitrogens with zero attached hydrogens (tertiary/aromatic N) is 1. The highest BCUT2D eigenvalue weighted by molar-refractivity contribution is 5.89. The third-order valence-corrected chi connectivity index (χ3v) is 3.89. The standard InChI is InChI=1S/C17H18N2O/c20-19-17(18-12-13-6-2-1-3-7-13)16-11-10-14-8-4-5-9-15(14)16/h1-9,16,20H,10-12H2,(H,18,19). The number of hydrogen-bond donors (Lipinski definition) is 2. The molecular formula is C17H18N2O. The summed E-state index contributed by atoms with van der Waals surface area (Å²) in [7, 11) is 0. The summed E-state index contributed by atoms with van der Waals surface area (Å²) >= 11 is 0.